The zero-order valence-electron chi connectivity index (χ0n) is 10.5. The molecule has 2 rings (SSSR count). The van der Waals surface area contributed by atoms with Gasteiger partial charge in [0.1, 0.15) is 11.5 Å². The Labute approximate surface area is 109 Å². The summed E-state index contributed by atoms with van der Waals surface area (Å²) in [6.07, 6.45) is 0. The molecule has 0 radical (unpaired) electrons. The van der Waals surface area contributed by atoms with Crippen LogP contribution in [-0.2, 0) is 4.79 Å². The summed E-state index contributed by atoms with van der Waals surface area (Å²) in [7, 11) is 2.94. The number of aliphatic carboxylic acids is 1. The second-order valence-electron chi connectivity index (χ2n) is 3.95. The van der Waals surface area contributed by atoms with Crippen LogP contribution >= 0.6 is 0 Å². The third-order valence-corrected chi connectivity index (χ3v) is 2.91. The molecule has 1 heterocycles. The van der Waals surface area contributed by atoms with E-state index >= 15 is 0 Å². The molecule has 1 saturated heterocycles. The first-order chi connectivity index (χ1) is 9.08. The van der Waals surface area contributed by atoms with E-state index in [1.807, 2.05) is 0 Å². The number of carboxylic acids is 1. The van der Waals surface area contributed by atoms with Gasteiger partial charge in [0.15, 0.2) is 6.04 Å². The molecule has 1 atom stereocenters. The van der Waals surface area contributed by atoms with Crippen molar-refractivity contribution in [2.24, 2.45) is 0 Å². The van der Waals surface area contributed by atoms with E-state index in [9.17, 15) is 9.59 Å². The molecule has 0 spiro atoms. The number of carbonyl (C=O) groups is 2. The maximum atomic E-state index is 11.8. The summed E-state index contributed by atoms with van der Waals surface area (Å²) in [6, 6.07) is 3.43. The van der Waals surface area contributed by atoms with Crippen molar-refractivity contribution >= 4 is 17.7 Å². The standard InChI is InChI=1S/C12H14N2O5/c1-18-7-3-4-10(19-2)8(5-7)14-9(11(15)16)6-13-12(14)17/h3-5,9H,6H2,1-2H3,(H,13,17)(H,15,16). The van der Waals surface area contributed by atoms with Crippen LogP contribution in [0.4, 0.5) is 10.5 Å². The second-order valence-corrected chi connectivity index (χ2v) is 3.95. The Morgan fingerprint density at radius 2 is 2.16 bits per heavy atom. The highest BCUT2D eigenvalue weighted by molar-refractivity contribution is 6.02. The van der Waals surface area contributed by atoms with E-state index < -0.39 is 18.0 Å². The van der Waals surface area contributed by atoms with Crippen LogP contribution in [0.3, 0.4) is 0 Å². The molecule has 7 heteroatoms. The number of benzene rings is 1. The zero-order valence-corrected chi connectivity index (χ0v) is 10.5. The first-order valence-corrected chi connectivity index (χ1v) is 5.60. The van der Waals surface area contributed by atoms with Crippen LogP contribution in [0.2, 0.25) is 0 Å². The Morgan fingerprint density at radius 1 is 1.42 bits per heavy atom. The highest BCUT2D eigenvalue weighted by Gasteiger charge is 2.38. The van der Waals surface area contributed by atoms with Gasteiger partial charge in [-0.2, -0.15) is 0 Å². The SMILES string of the molecule is COc1ccc(OC)c(N2C(=O)NCC2C(=O)O)c1. The van der Waals surface area contributed by atoms with Crippen LogP contribution in [0, 0.1) is 0 Å². The summed E-state index contributed by atoms with van der Waals surface area (Å²) in [5, 5.41) is 11.6. The number of nitrogens with one attached hydrogen (secondary N) is 1. The third-order valence-electron chi connectivity index (χ3n) is 2.91. The minimum absolute atomic E-state index is 0.0501. The monoisotopic (exact) mass is 266 g/mol. The molecule has 0 bridgehead atoms. The number of hydrogen-bond acceptors (Lipinski definition) is 4. The quantitative estimate of drug-likeness (QED) is 0.837. The lowest BCUT2D eigenvalue weighted by Crippen LogP contribution is -2.39. The number of methoxy groups -OCH3 is 2. The van der Waals surface area contributed by atoms with Crippen LogP contribution in [-0.4, -0.2) is 43.9 Å². The Hall–Kier alpha value is -2.44. The Morgan fingerprint density at radius 3 is 2.74 bits per heavy atom. The van der Waals surface area contributed by atoms with Gasteiger partial charge in [0, 0.05) is 6.07 Å². The van der Waals surface area contributed by atoms with Crippen LogP contribution < -0.4 is 19.7 Å². The minimum atomic E-state index is -1.08. The van der Waals surface area contributed by atoms with Crippen LogP contribution in [0.5, 0.6) is 11.5 Å². The molecular formula is C12H14N2O5. The lowest BCUT2D eigenvalue weighted by atomic mass is 10.2. The first-order valence-electron chi connectivity index (χ1n) is 5.60. The van der Waals surface area contributed by atoms with Crippen LogP contribution in [0.15, 0.2) is 18.2 Å². The molecule has 7 nitrogen and oxygen atoms in total. The van der Waals surface area contributed by atoms with Crippen molar-refractivity contribution in [3.8, 4) is 11.5 Å². The van der Waals surface area contributed by atoms with Gasteiger partial charge in [-0.3, -0.25) is 4.90 Å². The van der Waals surface area contributed by atoms with Gasteiger partial charge in [-0.1, -0.05) is 0 Å². The summed E-state index contributed by atoms with van der Waals surface area (Å²) in [5.74, 6) is -0.160. The third kappa shape index (κ3) is 2.26. The molecule has 2 N–H and O–H groups in total. The number of anilines is 1. The molecule has 0 saturated carbocycles. The Balaban J connectivity index is 2.48. The van der Waals surface area contributed by atoms with Gasteiger partial charge < -0.3 is 19.9 Å². The Bertz CT molecular complexity index is 517. The number of carboxylic acid groups (broad SMARTS) is 1. The first kappa shape index (κ1) is 13.0. The van der Waals surface area contributed by atoms with Crippen molar-refractivity contribution in [2.45, 2.75) is 6.04 Å². The molecule has 1 unspecified atom stereocenters. The van der Waals surface area contributed by atoms with Gasteiger partial charge in [-0.25, -0.2) is 9.59 Å². The molecule has 1 aromatic rings. The number of urea groups is 1. The zero-order chi connectivity index (χ0) is 14.0. The van der Waals surface area contributed by atoms with Gasteiger partial charge in [0.25, 0.3) is 0 Å². The van der Waals surface area contributed by atoms with Gasteiger partial charge in [0.05, 0.1) is 26.5 Å². The molecule has 0 aromatic heterocycles. The van der Waals surface area contributed by atoms with Crippen molar-refractivity contribution in [3.63, 3.8) is 0 Å². The molecule has 19 heavy (non-hydrogen) atoms. The molecule has 1 aliphatic rings. The highest BCUT2D eigenvalue weighted by Crippen LogP contribution is 2.34. The normalized spacial score (nSPS) is 18.1. The number of rotatable bonds is 4. The van der Waals surface area contributed by atoms with Crippen molar-refractivity contribution < 1.29 is 24.2 Å². The summed E-state index contributed by atoms with van der Waals surface area (Å²) >= 11 is 0. The van der Waals surface area contributed by atoms with E-state index in [2.05, 4.69) is 5.32 Å². The fourth-order valence-corrected chi connectivity index (χ4v) is 1.96. The minimum Gasteiger partial charge on any atom is -0.497 e. The maximum absolute atomic E-state index is 11.8. The van der Waals surface area contributed by atoms with E-state index in [1.54, 1.807) is 18.2 Å². The number of hydrogen-bond donors (Lipinski definition) is 2. The number of ether oxygens (including phenoxy) is 2. The maximum Gasteiger partial charge on any atom is 0.328 e. The molecule has 1 aromatic carbocycles. The van der Waals surface area contributed by atoms with E-state index in [-0.39, 0.29) is 6.54 Å². The van der Waals surface area contributed by atoms with Gasteiger partial charge >= 0.3 is 12.0 Å². The van der Waals surface area contributed by atoms with E-state index in [4.69, 9.17) is 14.6 Å². The summed E-state index contributed by atoms with van der Waals surface area (Å²) in [4.78, 5) is 24.1. The van der Waals surface area contributed by atoms with E-state index in [1.165, 1.54) is 14.2 Å². The van der Waals surface area contributed by atoms with Crippen molar-refractivity contribution in [2.75, 3.05) is 25.7 Å². The topological polar surface area (TPSA) is 88.1 Å². The largest absolute Gasteiger partial charge is 0.497 e. The molecule has 102 valence electrons. The van der Waals surface area contributed by atoms with Gasteiger partial charge in [0.2, 0.25) is 0 Å². The fourth-order valence-electron chi connectivity index (χ4n) is 1.96. The number of carbonyl (C=O) groups excluding carboxylic acids is 1. The summed E-state index contributed by atoms with van der Waals surface area (Å²) in [5.41, 5.74) is 0.365. The predicted molar refractivity (Wildman–Crippen MR) is 66.8 cm³/mol. The highest BCUT2D eigenvalue weighted by atomic mass is 16.5. The number of nitrogens with zero attached hydrogens (tertiary/aromatic N) is 1. The smallest absolute Gasteiger partial charge is 0.328 e. The molecule has 2 amide bonds. The van der Waals surface area contributed by atoms with Crippen molar-refractivity contribution in [1.82, 2.24) is 5.32 Å². The van der Waals surface area contributed by atoms with E-state index in [0.717, 1.165) is 4.90 Å². The number of amides is 2. The summed E-state index contributed by atoms with van der Waals surface area (Å²) in [6.45, 7) is 0.0501. The molecular weight excluding hydrogens is 252 g/mol. The lowest BCUT2D eigenvalue weighted by molar-refractivity contribution is -0.137. The summed E-state index contributed by atoms with van der Waals surface area (Å²) < 4.78 is 10.2. The van der Waals surface area contributed by atoms with Gasteiger partial charge in [-0.15, -0.1) is 0 Å². The fraction of sp³-hybridized carbons (Fsp3) is 0.333. The average molecular weight is 266 g/mol. The van der Waals surface area contributed by atoms with Crippen molar-refractivity contribution in [1.29, 1.82) is 0 Å². The van der Waals surface area contributed by atoms with E-state index in [0.29, 0.717) is 17.2 Å². The molecule has 0 aliphatic carbocycles. The second kappa shape index (κ2) is 5.05. The van der Waals surface area contributed by atoms with Gasteiger partial charge in [-0.05, 0) is 12.1 Å². The lowest BCUT2D eigenvalue weighted by Gasteiger charge is -2.22. The average Bonchev–Trinajstić information content (AvgIpc) is 2.80. The van der Waals surface area contributed by atoms with Crippen LogP contribution in [0.1, 0.15) is 0 Å². The van der Waals surface area contributed by atoms with Crippen molar-refractivity contribution in [3.05, 3.63) is 18.2 Å². The molecule has 1 aliphatic heterocycles. The van der Waals surface area contributed by atoms with Crippen LogP contribution in [0.25, 0.3) is 0 Å². The predicted octanol–water partition coefficient (Wildman–Crippen LogP) is 0.687. The molecule has 1 fully saturated rings. The Kier molecular flexibility index (Phi) is 3.46.